The number of nitrogens with one attached hydrogen (secondary N) is 1. The fourth-order valence-electron chi connectivity index (χ4n) is 4.21. The van der Waals surface area contributed by atoms with E-state index in [1.807, 2.05) is 0 Å². The molecule has 0 radical (unpaired) electrons. The maximum absolute atomic E-state index is 4.71. The van der Waals surface area contributed by atoms with Gasteiger partial charge in [-0.25, -0.2) is 0 Å². The molecule has 2 aliphatic rings. The lowest BCUT2D eigenvalue weighted by Crippen LogP contribution is -2.32. The third kappa shape index (κ3) is 4.01. The molecule has 2 aliphatic heterocycles. The summed E-state index contributed by atoms with van der Waals surface area (Å²) in [6, 6.07) is 17.2. The molecule has 0 bridgehead atoms. The van der Waals surface area contributed by atoms with Crippen LogP contribution in [-0.4, -0.2) is 34.8 Å². The Kier molecular flexibility index (Phi) is 4.99. The first-order chi connectivity index (χ1) is 14.3. The van der Waals surface area contributed by atoms with Crippen LogP contribution in [0.2, 0.25) is 0 Å². The SMILES string of the molecule is c1ccc2c(c1)CCN(c1nncc(Nc3ccc(N4CCCCC4)cc3)n1)C2. The zero-order valence-corrected chi connectivity index (χ0v) is 16.6. The van der Waals surface area contributed by atoms with Crippen molar-refractivity contribution < 1.29 is 0 Å². The molecule has 3 heterocycles. The zero-order chi connectivity index (χ0) is 19.5. The summed E-state index contributed by atoms with van der Waals surface area (Å²) in [4.78, 5) is 9.37. The van der Waals surface area contributed by atoms with Crippen LogP contribution in [0.25, 0.3) is 0 Å². The molecule has 1 saturated heterocycles. The summed E-state index contributed by atoms with van der Waals surface area (Å²) in [5, 5.41) is 11.8. The van der Waals surface area contributed by atoms with Gasteiger partial charge in [0, 0.05) is 37.6 Å². The van der Waals surface area contributed by atoms with Crippen molar-refractivity contribution in [3.8, 4) is 0 Å². The number of nitrogens with zero attached hydrogens (tertiary/aromatic N) is 5. The van der Waals surface area contributed by atoms with E-state index in [-0.39, 0.29) is 0 Å². The Bertz CT molecular complexity index is 965. The number of piperidine rings is 1. The topological polar surface area (TPSA) is 57.2 Å². The Morgan fingerprint density at radius 3 is 2.41 bits per heavy atom. The van der Waals surface area contributed by atoms with Crippen molar-refractivity contribution in [1.29, 1.82) is 0 Å². The zero-order valence-electron chi connectivity index (χ0n) is 16.6. The number of benzene rings is 2. The summed E-state index contributed by atoms with van der Waals surface area (Å²) >= 11 is 0. The van der Waals surface area contributed by atoms with Gasteiger partial charge in [-0.05, 0) is 61.1 Å². The van der Waals surface area contributed by atoms with E-state index >= 15 is 0 Å². The molecule has 1 aromatic heterocycles. The standard InChI is InChI=1S/C23H26N6/c1-4-13-28(14-5-1)21-10-8-20(9-11-21)25-22-16-24-27-23(26-22)29-15-12-18-6-2-3-7-19(18)17-29/h2-3,6-11,16H,1,4-5,12-15,17H2,(H,25,26,27). The van der Waals surface area contributed by atoms with E-state index < -0.39 is 0 Å². The molecule has 29 heavy (non-hydrogen) atoms. The molecule has 148 valence electrons. The third-order valence-electron chi connectivity index (χ3n) is 5.82. The second-order valence-electron chi connectivity index (χ2n) is 7.80. The first-order valence-electron chi connectivity index (χ1n) is 10.5. The Hall–Kier alpha value is -3.15. The summed E-state index contributed by atoms with van der Waals surface area (Å²) in [5.41, 5.74) is 5.07. The highest BCUT2D eigenvalue weighted by atomic mass is 15.3. The van der Waals surface area contributed by atoms with E-state index in [0.717, 1.165) is 44.1 Å². The molecule has 0 saturated carbocycles. The minimum Gasteiger partial charge on any atom is -0.372 e. The first-order valence-corrected chi connectivity index (χ1v) is 10.5. The monoisotopic (exact) mass is 386 g/mol. The molecule has 0 unspecified atom stereocenters. The van der Waals surface area contributed by atoms with Crippen molar-refractivity contribution >= 4 is 23.1 Å². The van der Waals surface area contributed by atoms with E-state index in [0.29, 0.717) is 5.95 Å². The van der Waals surface area contributed by atoms with E-state index in [9.17, 15) is 0 Å². The number of rotatable bonds is 4. The molecule has 0 amide bonds. The first kappa shape index (κ1) is 17.9. The normalized spacial score (nSPS) is 16.4. The molecular weight excluding hydrogens is 360 g/mol. The van der Waals surface area contributed by atoms with Gasteiger partial charge in [0.15, 0.2) is 5.82 Å². The highest BCUT2D eigenvalue weighted by Gasteiger charge is 2.18. The van der Waals surface area contributed by atoms with Crippen molar-refractivity contribution in [2.24, 2.45) is 0 Å². The van der Waals surface area contributed by atoms with Crippen molar-refractivity contribution in [1.82, 2.24) is 15.2 Å². The van der Waals surface area contributed by atoms with E-state index in [4.69, 9.17) is 4.98 Å². The van der Waals surface area contributed by atoms with Gasteiger partial charge in [0.25, 0.3) is 0 Å². The predicted octanol–water partition coefficient (Wildman–Crippen LogP) is 4.17. The van der Waals surface area contributed by atoms with E-state index in [1.165, 1.54) is 36.1 Å². The summed E-state index contributed by atoms with van der Waals surface area (Å²) in [5.74, 6) is 1.40. The van der Waals surface area contributed by atoms with Crippen LogP contribution in [0.4, 0.5) is 23.1 Å². The Morgan fingerprint density at radius 2 is 1.59 bits per heavy atom. The van der Waals surface area contributed by atoms with Crippen molar-refractivity contribution in [2.75, 3.05) is 34.8 Å². The van der Waals surface area contributed by atoms with Gasteiger partial charge >= 0.3 is 0 Å². The van der Waals surface area contributed by atoms with Gasteiger partial charge in [0.2, 0.25) is 5.95 Å². The van der Waals surface area contributed by atoms with Gasteiger partial charge in [-0.1, -0.05) is 24.3 Å². The number of hydrogen-bond donors (Lipinski definition) is 1. The molecule has 2 aromatic carbocycles. The van der Waals surface area contributed by atoms with Gasteiger partial charge in [-0.2, -0.15) is 10.1 Å². The largest absolute Gasteiger partial charge is 0.372 e. The average Bonchev–Trinajstić information content (AvgIpc) is 2.80. The molecule has 1 N–H and O–H groups in total. The summed E-state index contributed by atoms with van der Waals surface area (Å²) in [6.07, 6.45) is 6.61. The second kappa shape index (κ2) is 8.07. The lowest BCUT2D eigenvalue weighted by Gasteiger charge is -2.29. The number of aromatic nitrogens is 3. The van der Waals surface area contributed by atoms with Crippen LogP contribution in [0.5, 0.6) is 0 Å². The molecule has 3 aromatic rings. The Balaban J connectivity index is 1.28. The van der Waals surface area contributed by atoms with E-state index in [1.54, 1.807) is 6.20 Å². The van der Waals surface area contributed by atoms with Crippen LogP contribution in [0.15, 0.2) is 54.7 Å². The molecule has 5 rings (SSSR count). The fourth-order valence-corrected chi connectivity index (χ4v) is 4.21. The van der Waals surface area contributed by atoms with Crippen molar-refractivity contribution in [2.45, 2.75) is 32.2 Å². The summed E-state index contributed by atoms with van der Waals surface area (Å²) in [7, 11) is 0. The number of fused-ring (bicyclic) bond motifs is 1. The van der Waals surface area contributed by atoms with Crippen LogP contribution >= 0.6 is 0 Å². The van der Waals surface area contributed by atoms with Gasteiger partial charge in [-0.15, -0.1) is 5.10 Å². The molecule has 1 fully saturated rings. The van der Waals surface area contributed by atoms with Crippen molar-refractivity contribution in [3.63, 3.8) is 0 Å². The minimum atomic E-state index is 0.675. The molecule has 6 heteroatoms. The third-order valence-corrected chi connectivity index (χ3v) is 5.82. The Labute approximate surface area is 171 Å². The van der Waals surface area contributed by atoms with E-state index in [2.05, 4.69) is 73.8 Å². The molecule has 0 atom stereocenters. The number of anilines is 4. The molecule has 6 nitrogen and oxygen atoms in total. The lowest BCUT2D eigenvalue weighted by molar-refractivity contribution is 0.578. The summed E-state index contributed by atoms with van der Waals surface area (Å²) in [6.45, 7) is 4.05. The van der Waals surface area contributed by atoms with Gasteiger partial charge in [0.1, 0.15) is 0 Å². The maximum Gasteiger partial charge on any atom is 0.247 e. The van der Waals surface area contributed by atoms with Crippen LogP contribution in [0.3, 0.4) is 0 Å². The second-order valence-corrected chi connectivity index (χ2v) is 7.80. The number of hydrogen-bond acceptors (Lipinski definition) is 6. The molecule has 0 aliphatic carbocycles. The molecular formula is C23H26N6. The van der Waals surface area contributed by atoms with Gasteiger partial charge in [0.05, 0.1) is 6.20 Å². The van der Waals surface area contributed by atoms with Crippen LogP contribution in [-0.2, 0) is 13.0 Å². The molecule has 0 spiro atoms. The quantitative estimate of drug-likeness (QED) is 0.726. The predicted molar refractivity (Wildman–Crippen MR) is 117 cm³/mol. The van der Waals surface area contributed by atoms with Crippen LogP contribution < -0.4 is 15.1 Å². The Morgan fingerprint density at radius 1 is 0.793 bits per heavy atom. The van der Waals surface area contributed by atoms with Crippen molar-refractivity contribution in [3.05, 3.63) is 65.9 Å². The smallest absolute Gasteiger partial charge is 0.247 e. The fraction of sp³-hybridized carbons (Fsp3) is 0.348. The summed E-state index contributed by atoms with van der Waals surface area (Å²) < 4.78 is 0. The van der Waals surface area contributed by atoms with Gasteiger partial charge < -0.3 is 15.1 Å². The van der Waals surface area contributed by atoms with Crippen LogP contribution in [0, 0.1) is 0 Å². The highest BCUT2D eigenvalue weighted by Crippen LogP contribution is 2.25. The lowest BCUT2D eigenvalue weighted by atomic mass is 10.0. The highest BCUT2D eigenvalue weighted by molar-refractivity contribution is 5.61. The van der Waals surface area contributed by atoms with Crippen LogP contribution in [0.1, 0.15) is 30.4 Å². The average molecular weight is 387 g/mol. The minimum absolute atomic E-state index is 0.675. The van der Waals surface area contributed by atoms with Gasteiger partial charge in [-0.3, -0.25) is 0 Å². The maximum atomic E-state index is 4.71.